The number of hydrogen-bond acceptors (Lipinski definition) is 1. The van der Waals surface area contributed by atoms with Crippen LogP contribution in [0.4, 0.5) is 0 Å². The third kappa shape index (κ3) is 6.83. The molecule has 300 valence electrons. The second-order valence-corrected chi connectivity index (χ2v) is 16.8. The molecule has 0 bridgehead atoms. The highest BCUT2D eigenvalue weighted by Crippen LogP contribution is 2.41. The molecule has 0 radical (unpaired) electrons. The first kappa shape index (κ1) is 38.8. The highest BCUT2D eigenvalue weighted by molar-refractivity contribution is 9.10. The fourth-order valence-electron chi connectivity index (χ4n) is 9.47. The summed E-state index contributed by atoms with van der Waals surface area (Å²) in [6.07, 6.45) is 1.69. The molecule has 0 saturated carbocycles. The standard InChI is InChI=1S/C58H37BrN2.CH4S/c59-47-32-45(43-25-29-57-52(36-43)49-19-9-11-21-54(49)60(57)48-27-23-39-15-7-8-18-41(39)34-48)31-46(33-47)44-26-30-58-53(37-44)50-20-10-12-22-55(50)61(58)56-28-24-42(38-13-3-1-4-14-38)35-51(56)40-16-5-2-6-17-40;1-2/h1-37H;2H,1H3. The summed E-state index contributed by atoms with van der Waals surface area (Å²) in [6.45, 7) is 0. The molecule has 2 aromatic heterocycles. The number of rotatable bonds is 6. The van der Waals surface area contributed by atoms with Gasteiger partial charge in [-0.15, -0.1) is 0 Å². The normalized spacial score (nSPS) is 11.4. The van der Waals surface area contributed by atoms with Crippen molar-refractivity contribution in [2.45, 2.75) is 0 Å². The molecule has 2 heterocycles. The molecule has 0 aliphatic carbocycles. The summed E-state index contributed by atoms with van der Waals surface area (Å²) in [5.41, 5.74) is 16.6. The molecule has 10 aromatic carbocycles. The number of aromatic nitrogens is 2. The maximum absolute atomic E-state index is 3.92. The second kappa shape index (κ2) is 16.3. The van der Waals surface area contributed by atoms with Crippen LogP contribution in [0.5, 0.6) is 0 Å². The summed E-state index contributed by atoms with van der Waals surface area (Å²) in [5.74, 6) is 0. The van der Waals surface area contributed by atoms with Gasteiger partial charge in [-0.3, -0.25) is 0 Å². The highest BCUT2D eigenvalue weighted by atomic mass is 79.9. The molecule has 4 heteroatoms. The van der Waals surface area contributed by atoms with Crippen LogP contribution in [0, 0.1) is 0 Å². The van der Waals surface area contributed by atoms with E-state index >= 15 is 0 Å². The maximum Gasteiger partial charge on any atom is 0.0541 e. The number of hydrogen-bond donors (Lipinski definition) is 1. The van der Waals surface area contributed by atoms with Crippen molar-refractivity contribution in [1.29, 1.82) is 0 Å². The van der Waals surface area contributed by atoms with Crippen molar-refractivity contribution in [3.63, 3.8) is 0 Å². The maximum atomic E-state index is 3.92. The predicted molar refractivity (Wildman–Crippen MR) is 277 cm³/mol. The van der Waals surface area contributed by atoms with Crippen molar-refractivity contribution in [2.75, 3.05) is 6.26 Å². The molecule has 12 rings (SSSR count). The van der Waals surface area contributed by atoms with E-state index in [0.717, 1.165) is 10.2 Å². The van der Waals surface area contributed by atoms with Gasteiger partial charge in [0, 0.05) is 37.3 Å². The molecule has 12 aromatic rings. The Balaban J connectivity index is 0.00000219. The molecule has 0 spiro atoms. The number of nitrogens with zero attached hydrogens (tertiary/aromatic N) is 2. The van der Waals surface area contributed by atoms with Crippen LogP contribution < -0.4 is 0 Å². The molecule has 0 N–H and O–H groups in total. The second-order valence-electron chi connectivity index (χ2n) is 15.9. The summed E-state index contributed by atoms with van der Waals surface area (Å²) >= 11 is 7.45. The lowest BCUT2D eigenvalue weighted by atomic mass is 9.96. The Bertz CT molecular complexity index is 3660. The Hall–Kier alpha value is -7.11. The smallest absolute Gasteiger partial charge is 0.0541 e. The minimum atomic E-state index is 1.05. The molecule has 0 atom stereocenters. The van der Waals surface area contributed by atoms with Gasteiger partial charge in [0.2, 0.25) is 0 Å². The Morgan fingerprint density at radius 3 is 1.46 bits per heavy atom. The van der Waals surface area contributed by atoms with Gasteiger partial charge in [-0.2, -0.15) is 12.6 Å². The van der Waals surface area contributed by atoms with Crippen molar-refractivity contribution < 1.29 is 0 Å². The highest BCUT2D eigenvalue weighted by Gasteiger charge is 2.19. The van der Waals surface area contributed by atoms with E-state index in [2.05, 4.69) is 262 Å². The molecule has 2 nitrogen and oxygen atoms in total. The third-order valence-electron chi connectivity index (χ3n) is 12.3. The topological polar surface area (TPSA) is 9.86 Å². The van der Waals surface area contributed by atoms with Gasteiger partial charge in [-0.05, 0) is 135 Å². The first-order chi connectivity index (χ1) is 31.1. The van der Waals surface area contributed by atoms with E-state index < -0.39 is 0 Å². The zero-order chi connectivity index (χ0) is 42.4. The van der Waals surface area contributed by atoms with Gasteiger partial charge < -0.3 is 9.13 Å². The quantitative estimate of drug-likeness (QED) is 0.159. The lowest BCUT2D eigenvalue weighted by Gasteiger charge is -2.16. The molecule has 0 aliphatic rings. The Kier molecular flexibility index (Phi) is 10.0. The number of halogens is 1. The van der Waals surface area contributed by atoms with E-state index in [4.69, 9.17) is 0 Å². The summed E-state index contributed by atoms with van der Waals surface area (Å²) in [4.78, 5) is 0. The first-order valence-corrected chi connectivity index (χ1v) is 22.9. The molecule has 0 amide bonds. The Morgan fingerprint density at radius 1 is 0.317 bits per heavy atom. The van der Waals surface area contributed by atoms with Gasteiger partial charge in [0.15, 0.2) is 0 Å². The van der Waals surface area contributed by atoms with Gasteiger partial charge in [-0.25, -0.2) is 0 Å². The van der Waals surface area contributed by atoms with Crippen LogP contribution in [0.3, 0.4) is 0 Å². The zero-order valence-corrected chi connectivity index (χ0v) is 37.1. The largest absolute Gasteiger partial charge is 0.309 e. The third-order valence-corrected chi connectivity index (χ3v) is 12.8. The predicted octanol–water partition coefficient (Wildman–Crippen LogP) is 17.0. The molecular weight excluding hydrogens is 849 g/mol. The van der Waals surface area contributed by atoms with Crippen molar-refractivity contribution in [1.82, 2.24) is 9.13 Å². The van der Waals surface area contributed by atoms with E-state index in [1.165, 1.54) is 105 Å². The van der Waals surface area contributed by atoms with E-state index in [1.807, 2.05) is 0 Å². The lowest BCUT2D eigenvalue weighted by molar-refractivity contribution is 1.18. The monoisotopic (exact) mass is 888 g/mol. The van der Waals surface area contributed by atoms with Crippen LogP contribution >= 0.6 is 28.6 Å². The molecule has 0 fully saturated rings. The van der Waals surface area contributed by atoms with Crippen LogP contribution in [-0.2, 0) is 0 Å². The van der Waals surface area contributed by atoms with Crippen LogP contribution in [-0.4, -0.2) is 15.4 Å². The zero-order valence-electron chi connectivity index (χ0n) is 34.6. The van der Waals surface area contributed by atoms with Crippen LogP contribution in [0.25, 0.3) is 110 Å². The molecule has 0 saturated heterocycles. The van der Waals surface area contributed by atoms with Crippen molar-refractivity contribution in [3.05, 3.63) is 229 Å². The Morgan fingerprint density at radius 2 is 0.810 bits per heavy atom. The average molecular weight is 890 g/mol. The van der Waals surface area contributed by atoms with Crippen molar-refractivity contribution in [2.24, 2.45) is 0 Å². The fraction of sp³-hybridized carbons (Fsp3) is 0.0169. The van der Waals surface area contributed by atoms with Crippen LogP contribution in [0.1, 0.15) is 0 Å². The van der Waals surface area contributed by atoms with Gasteiger partial charge in [0.05, 0.1) is 27.8 Å². The Labute approximate surface area is 380 Å². The molecule has 0 unspecified atom stereocenters. The van der Waals surface area contributed by atoms with Crippen LogP contribution in [0.2, 0.25) is 0 Å². The summed E-state index contributed by atoms with van der Waals surface area (Å²) in [5, 5.41) is 7.42. The van der Waals surface area contributed by atoms with E-state index in [1.54, 1.807) is 6.26 Å². The average Bonchev–Trinajstić information content (AvgIpc) is 3.87. The number of benzene rings is 10. The number of para-hydroxylation sites is 2. The van der Waals surface area contributed by atoms with Crippen LogP contribution in [0.15, 0.2) is 229 Å². The fourth-order valence-corrected chi connectivity index (χ4v) is 9.96. The minimum Gasteiger partial charge on any atom is -0.309 e. The SMILES string of the molecule is Brc1cc(-c2ccc3c(c2)c2ccccc2n3-c2ccc3ccccc3c2)cc(-c2ccc3c(c2)c2ccccc2n3-c2ccc(-c3ccccc3)cc2-c2ccccc2)c1.CS. The lowest BCUT2D eigenvalue weighted by Crippen LogP contribution is -1.98. The van der Waals surface area contributed by atoms with Gasteiger partial charge in [0.25, 0.3) is 0 Å². The minimum absolute atomic E-state index is 1.05. The van der Waals surface area contributed by atoms with E-state index in [-0.39, 0.29) is 0 Å². The summed E-state index contributed by atoms with van der Waals surface area (Å²) < 4.78 is 5.90. The van der Waals surface area contributed by atoms with Gasteiger partial charge in [-0.1, -0.05) is 162 Å². The van der Waals surface area contributed by atoms with Gasteiger partial charge in [0.1, 0.15) is 0 Å². The molecular formula is C59H41BrN2S. The molecule has 63 heavy (non-hydrogen) atoms. The number of fused-ring (bicyclic) bond motifs is 7. The van der Waals surface area contributed by atoms with Crippen molar-refractivity contribution >= 4 is 82.9 Å². The van der Waals surface area contributed by atoms with E-state index in [0.29, 0.717) is 0 Å². The van der Waals surface area contributed by atoms with Gasteiger partial charge >= 0.3 is 0 Å². The van der Waals surface area contributed by atoms with E-state index in [9.17, 15) is 0 Å². The first-order valence-electron chi connectivity index (χ1n) is 21.2. The summed E-state index contributed by atoms with van der Waals surface area (Å²) in [6, 6.07) is 81.9. The number of thiol groups is 1. The summed E-state index contributed by atoms with van der Waals surface area (Å²) in [7, 11) is 0. The molecule has 0 aliphatic heterocycles. The van der Waals surface area contributed by atoms with Crippen molar-refractivity contribution in [3.8, 4) is 55.9 Å².